The van der Waals surface area contributed by atoms with Crippen molar-refractivity contribution < 1.29 is 53.1 Å². The first-order valence-electron chi connectivity index (χ1n) is 18.0. The Bertz CT molecular complexity index is 1600. The van der Waals surface area contributed by atoms with Crippen LogP contribution in [-0.2, 0) is 38.1 Å². The average Bonchev–Trinajstić information content (AvgIpc) is 3.66. The van der Waals surface area contributed by atoms with Crippen LogP contribution in [0.4, 0.5) is 5.69 Å². The fourth-order valence-electron chi connectivity index (χ4n) is 13.1. The zero-order valence-electron chi connectivity index (χ0n) is 29.3. The molecule has 2 N–H and O–H groups in total. The number of likely N-dealkylation sites (N-methyl/N-ethyl adjacent to an activating group) is 1. The van der Waals surface area contributed by atoms with Crippen LogP contribution in [0.5, 0.6) is 0 Å². The van der Waals surface area contributed by atoms with Crippen molar-refractivity contribution in [1.82, 2.24) is 4.90 Å². The topological polar surface area (TPSA) is 161 Å². The number of esters is 2. The number of benzene rings is 1. The van der Waals surface area contributed by atoms with E-state index in [9.17, 15) is 29.4 Å². The highest BCUT2D eigenvalue weighted by Crippen LogP contribution is 2.80. The van der Waals surface area contributed by atoms with E-state index in [1.807, 2.05) is 6.92 Å². The van der Waals surface area contributed by atoms with Crippen molar-refractivity contribution in [2.75, 3.05) is 45.9 Å². The van der Waals surface area contributed by atoms with Gasteiger partial charge in [-0.25, -0.2) is 9.69 Å². The summed E-state index contributed by atoms with van der Waals surface area (Å²) in [6, 6.07) is 5.82. The van der Waals surface area contributed by atoms with Gasteiger partial charge in [0, 0.05) is 82.6 Å². The first-order chi connectivity index (χ1) is 23.9. The maximum absolute atomic E-state index is 14.0. The number of carbonyl (C=O) groups is 4. The highest BCUT2D eigenvalue weighted by molar-refractivity contribution is 6.21. The standard InChI is InChI=1S/C37H48N2O11/c1-6-38-17-34(18-49-32(44)20-9-7-8-10-23(20)39-26(41)11-12-27(39)42)14-13-25(47-4)36-22-15-21-24(46-3)16-35(50-19(2)40,28(22)29(21)48-5)37(45,33(36)38)31(43)30(34)36/h7-10,21-22,24-25,28-31,33,43,45H,6,11-18H2,1-5H3/t21-,22-,24+,25-,28-,29-,30-,31-,33+,34+,35-,36+,37-/m1/s1. The Kier molecular flexibility index (Phi) is 7.88. The van der Waals surface area contributed by atoms with Crippen LogP contribution < -0.4 is 4.90 Å². The maximum Gasteiger partial charge on any atom is 0.340 e. The largest absolute Gasteiger partial charge is 0.461 e. The molecule has 13 nitrogen and oxygen atoms in total. The molecule has 13 atom stereocenters. The van der Waals surface area contributed by atoms with Crippen molar-refractivity contribution in [3.8, 4) is 0 Å². The third-order valence-corrected chi connectivity index (χ3v) is 14.3. The number of aliphatic hydroxyl groups excluding tert-OH is 1. The first kappa shape index (κ1) is 34.2. The number of anilines is 1. The highest BCUT2D eigenvalue weighted by Gasteiger charge is 2.92. The number of ether oxygens (including phenoxy) is 5. The van der Waals surface area contributed by atoms with Crippen LogP contribution in [0.25, 0.3) is 0 Å². The molecule has 7 bridgehead atoms. The third kappa shape index (κ3) is 3.94. The molecule has 2 saturated heterocycles. The maximum atomic E-state index is 14.0. The van der Waals surface area contributed by atoms with Crippen molar-refractivity contribution in [3.05, 3.63) is 29.8 Å². The molecular formula is C37H48N2O11. The van der Waals surface area contributed by atoms with Crippen LogP contribution in [0.2, 0.25) is 0 Å². The van der Waals surface area contributed by atoms with E-state index in [1.54, 1.807) is 45.6 Å². The zero-order chi connectivity index (χ0) is 35.5. The van der Waals surface area contributed by atoms with E-state index in [0.29, 0.717) is 32.4 Å². The van der Waals surface area contributed by atoms with E-state index in [4.69, 9.17) is 23.7 Å². The minimum Gasteiger partial charge on any atom is -0.461 e. The Morgan fingerprint density at radius 1 is 1.04 bits per heavy atom. The molecule has 13 heteroatoms. The van der Waals surface area contributed by atoms with E-state index >= 15 is 0 Å². The summed E-state index contributed by atoms with van der Waals surface area (Å²) in [5, 5.41) is 26.4. The number of hydrogen-bond acceptors (Lipinski definition) is 12. The monoisotopic (exact) mass is 696 g/mol. The molecule has 1 spiro atoms. The molecule has 272 valence electrons. The summed E-state index contributed by atoms with van der Waals surface area (Å²) < 4.78 is 31.3. The van der Waals surface area contributed by atoms with Crippen LogP contribution in [0.3, 0.4) is 0 Å². The second-order valence-corrected chi connectivity index (χ2v) is 15.7. The molecular weight excluding hydrogens is 648 g/mol. The van der Waals surface area contributed by atoms with Gasteiger partial charge in [-0.05, 0) is 43.9 Å². The number of imide groups is 1. The number of aliphatic hydroxyl groups is 2. The molecule has 0 radical (unpaired) electrons. The Hall–Kier alpha value is -2.94. The van der Waals surface area contributed by atoms with Gasteiger partial charge in [0.1, 0.15) is 5.60 Å². The molecule has 8 rings (SSSR count). The average molecular weight is 697 g/mol. The minimum atomic E-state index is -1.93. The molecule has 7 fully saturated rings. The Morgan fingerprint density at radius 2 is 1.76 bits per heavy atom. The van der Waals surface area contributed by atoms with Gasteiger partial charge in [0.05, 0.1) is 48.3 Å². The van der Waals surface area contributed by atoms with E-state index < -0.39 is 64.1 Å². The summed E-state index contributed by atoms with van der Waals surface area (Å²) in [5.74, 6) is -3.22. The van der Waals surface area contributed by atoms with Crippen LogP contribution in [0.15, 0.2) is 24.3 Å². The van der Waals surface area contributed by atoms with Gasteiger partial charge in [0.2, 0.25) is 11.8 Å². The fraction of sp³-hybridized carbons (Fsp3) is 0.730. The molecule has 2 amide bonds. The molecule has 1 aromatic rings. The Balaban J connectivity index is 1.25. The Labute approximate surface area is 291 Å². The van der Waals surface area contributed by atoms with Gasteiger partial charge in [0.25, 0.3) is 0 Å². The molecule has 2 heterocycles. The van der Waals surface area contributed by atoms with Gasteiger partial charge in [0.15, 0.2) is 5.60 Å². The van der Waals surface area contributed by atoms with E-state index in [0.717, 1.165) is 4.90 Å². The lowest BCUT2D eigenvalue weighted by molar-refractivity contribution is -0.322. The summed E-state index contributed by atoms with van der Waals surface area (Å²) >= 11 is 0. The van der Waals surface area contributed by atoms with Gasteiger partial charge < -0.3 is 33.9 Å². The van der Waals surface area contributed by atoms with Crippen LogP contribution in [-0.4, -0.2) is 122 Å². The zero-order valence-corrected chi connectivity index (χ0v) is 29.3. The van der Waals surface area contributed by atoms with Crippen LogP contribution >= 0.6 is 0 Å². The fourth-order valence-corrected chi connectivity index (χ4v) is 13.1. The molecule has 7 aliphatic rings. The quantitative estimate of drug-likeness (QED) is 0.285. The van der Waals surface area contributed by atoms with E-state index in [1.165, 1.54) is 6.92 Å². The predicted molar refractivity (Wildman–Crippen MR) is 175 cm³/mol. The number of hydrogen-bond donors (Lipinski definition) is 2. The van der Waals surface area contributed by atoms with Crippen molar-refractivity contribution in [2.24, 2.45) is 34.5 Å². The molecule has 50 heavy (non-hydrogen) atoms. The molecule has 0 unspecified atom stereocenters. The minimum absolute atomic E-state index is 0.0341. The number of piperidine rings is 1. The van der Waals surface area contributed by atoms with Gasteiger partial charge >= 0.3 is 11.9 Å². The first-order valence-corrected chi connectivity index (χ1v) is 18.0. The second kappa shape index (κ2) is 11.5. The lowest BCUT2D eigenvalue weighted by atomic mass is 9.42. The van der Waals surface area contributed by atoms with Crippen molar-refractivity contribution >= 4 is 29.4 Å². The number of methoxy groups -OCH3 is 3. The lowest BCUT2D eigenvalue weighted by Crippen LogP contribution is -2.82. The number of amides is 2. The number of likely N-dealkylation sites (tertiary alicyclic amines) is 1. The van der Waals surface area contributed by atoms with Crippen molar-refractivity contribution in [2.45, 2.75) is 94.0 Å². The van der Waals surface area contributed by atoms with E-state index in [2.05, 4.69) is 4.90 Å². The van der Waals surface area contributed by atoms with Gasteiger partial charge in [-0.1, -0.05) is 19.1 Å². The number of nitrogens with zero attached hydrogens (tertiary/aromatic N) is 2. The molecule has 5 aliphatic carbocycles. The number of carbonyl (C=O) groups excluding carboxylic acids is 4. The van der Waals surface area contributed by atoms with Gasteiger partial charge in [-0.2, -0.15) is 0 Å². The summed E-state index contributed by atoms with van der Waals surface area (Å²) in [6.07, 6.45) is -0.321. The molecule has 2 aliphatic heterocycles. The summed E-state index contributed by atoms with van der Waals surface area (Å²) in [4.78, 5) is 55.6. The highest BCUT2D eigenvalue weighted by atomic mass is 16.6. The SMILES string of the molecule is CCN1C[C@]2(COC(=O)c3ccccc3N3C(=O)CCC3=O)CC[C@@H](OC)[C@@]34[C@@H]5C[C@H]6[C@@H](OC)[C@@H]5[C@](OC(C)=O)(C[C@@H]6OC)[C@@](O)([C@H](O)[C@H]23)[C@@H]14. The number of rotatable bonds is 9. The van der Waals surface area contributed by atoms with Gasteiger partial charge in [-0.3, -0.25) is 19.3 Å². The van der Waals surface area contributed by atoms with Crippen molar-refractivity contribution in [3.63, 3.8) is 0 Å². The lowest BCUT2D eigenvalue weighted by Gasteiger charge is -2.70. The third-order valence-electron chi connectivity index (χ3n) is 14.3. The number of fused-ring (bicyclic) bond motifs is 2. The van der Waals surface area contributed by atoms with Crippen LogP contribution in [0, 0.1) is 34.5 Å². The summed E-state index contributed by atoms with van der Waals surface area (Å²) in [5.41, 5.74) is -4.77. The summed E-state index contributed by atoms with van der Waals surface area (Å²) in [7, 11) is 4.95. The molecule has 5 saturated carbocycles. The van der Waals surface area contributed by atoms with Gasteiger partial charge in [-0.15, -0.1) is 0 Å². The molecule has 0 aromatic heterocycles. The number of para-hydroxylation sites is 1. The van der Waals surface area contributed by atoms with Crippen molar-refractivity contribution in [1.29, 1.82) is 0 Å². The summed E-state index contributed by atoms with van der Waals surface area (Å²) in [6.45, 7) is 4.21. The Morgan fingerprint density at radius 3 is 2.40 bits per heavy atom. The molecule has 1 aromatic carbocycles. The normalized spacial score (nSPS) is 45.6. The predicted octanol–water partition coefficient (Wildman–Crippen LogP) is 1.71. The second-order valence-electron chi connectivity index (χ2n) is 15.7. The van der Waals surface area contributed by atoms with E-state index in [-0.39, 0.29) is 73.0 Å². The van der Waals surface area contributed by atoms with Crippen LogP contribution in [0.1, 0.15) is 62.7 Å². The smallest absolute Gasteiger partial charge is 0.340 e.